The van der Waals surface area contributed by atoms with Gasteiger partial charge in [0.15, 0.2) is 0 Å². The number of ether oxygens (including phenoxy) is 1. The standard InChI is InChI=1S/C21H24N2O3/c1-16-9-10-19(23-11-5-6-12-23)18(13-16)21(25)22-14-20(24)26-15-17-7-3-2-4-8-17/h2-4,7-10,13H,5-6,11-12,14-15H2,1H3,(H,22,25). The Morgan fingerprint density at radius 1 is 1.08 bits per heavy atom. The largest absolute Gasteiger partial charge is 0.460 e. The predicted octanol–water partition coefficient (Wildman–Crippen LogP) is 3.07. The Morgan fingerprint density at radius 3 is 2.54 bits per heavy atom. The van der Waals surface area contributed by atoms with Gasteiger partial charge in [0.1, 0.15) is 13.2 Å². The lowest BCUT2D eigenvalue weighted by molar-refractivity contribution is -0.143. The van der Waals surface area contributed by atoms with Crippen molar-refractivity contribution < 1.29 is 14.3 Å². The van der Waals surface area contributed by atoms with Crippen LogP contribution in [0.1, 0.15) is 34.3 Å². The summed E-state index contributed by atoms with van der Waals surface area (Å²) in [4.78, 5) is 26.7. The highest BCUT2D eigenvalue weighted by molar-refractivity contribution is 6.01. The van der Waals surface area contributed by atoms with Gasteiger partial charge < -0.3 is 15.0 Å². The van der Waals surface area contributed by atoms with E-state index in [4.69, 9.17) is 4.74 Å². The molecular formula is C21H24N2O3. The number of rotatable bonds is 6. The van der Waals surface area contributed by atoms with Crippen LogP contribution < -0.4 is 10.2 Å². The fourth-order valence-electron chi connectivity index (χ4n) is 3.10. The molecule has 26 heavy (non-hydrogen) atoms. The molecule has 0 aromatic heterocycles. The van der Waals surface area contributed by atoms with Crippen LogP contribution in [0.15, 0.2) is 48.5 Å². The van der Waals surface area contributed by atoms with Crippen LogP contribution in [0.4, 0.5) is 5.69 Å². The van der Waals surface area contributed by atoms with Crippen molar-refractivity contribution >= 4 is 17.6 Å². The molecule has 5 nitrogen and oxygen atoms in total. The number of nitrogens with one attached hydrogen (secondary N) is 1. The summed E-state index contributed by atoms with van der Waals surface area (Å²) in [5.41, 5.74) is 3.48. The lowest BCUT2D eigenvalue weighted by Gasteiger charge is -2.21. The summed E-state index contributed by atoms with van der Waals surface area (Å²) < 4.78 is 5.20. The summed E-state index contributed by atoms with van der Waals surface area (Å²) in [6.07, 6.45) is 2.28. The smallest absolute Gasteiger partial charge is 0.325 e. The van der Waals surface area contributed by atoms with Gasteiger partial charge in [-0.15, -0.1) is 0 Å². The number of hydrogen-bond donors (Lipinski definition) is 1. The quantitative estimate of drug-likeness (QED) is 0.812. The molecule has 0 unspecified atom stereocenters. The Kier molecular flexibility index (Phi) is 5.89. The van der Waals surface area contributed by atoms with Gasteiger partial charge in [-0.2, -0.15) is 0 Å². The zero-order chi connectivity index (χ0) is 18.4. The third-order valence-electron chi connectivity index (χ3n) is 4.48. The first-order valence-corrected chi connectivity index (χ1v) is 8.97. The van der Waals surface area contributed by atoms with E-state index in [1.165, 1.54) is 0 Å². The van der Waals surface area contributed by atoms with Gasteiger partial charge in [-0.1, -0.05) is 42.0 Å². The number of anilines is 1. The van der Waals surface area contributed by atoms with Crippen molar-refractivity contribution in [1.29, 1.82) is 0 Å². The first-order valence-electron chi connectivity index (χ1n) is 8.97. The average Bonchev–Trinajstić information content (AvgIpc) is 3.19. The third kappa shape index (κ3) is 4.63. The van der Waals surface area contributed by atoms with Crippen molar-refractivity contribution in [2.45, 2.75) is 26.4 Å². The second kappa shape index (κ2) is 8.52. The van der Waals surface area contributed by atoms with Gasteiger partial charge in [-0.3, -0.25) is 9.59 Å². The maximum absolute atomic E-state index is 12.6. The molecule has 0 saturated carbocycles. The van der Waals surface area contributed by atoms with Gasteiger partial charge >= 0.3 is 5.97 Å². The van der Waals surface area contributed by atoms with E-state index in [1.54, 1.807) is 0 Å². The van der Waals surface area contributed by atoms with Crippen LogP contribution in [-0.2, 0) is 16.1 Å². The molecule has 1 heterocycles. The van der Waals surface area contributed by atoms with Crippen LogP contribution in [-0.4, -0.2) is 31.5 Å². The lowest BCUT2D eigenvalue weighted by Crippen LogP contribution is -2.32. The second-order valence-corrected chi connectivity index (χ2v) is 6.54. The molecule has 136 valence electrons. The number of amides is 1. The van der Waals surface area contributed by atoms with Crippen LogP contribution in [0.3, 0.4) is 0 Å². The molecule has 1 saturated heterocycles. The number of esters is 1. The molecule has 0 atom stereocenters. The first kappa shape index (κ1) is 18.0. The molecule has 3 rings (SSSR count). The van der Waals surface area contributed by atoms with Crippen LogP contribution in [0.25, 0.3) is 0 Å². The van der Waals surface area contributed by atoms with Crippen LogP contribution in [0, 0.1) is 6.92 Å². The van der Waals surface area contributed by atoms with Gasteiger partial charge in [-0.25, -0.2) is 0 Å². The Bertz CT molecular complexity index is 768. The van der Waals surface area contributed by atoms with Crippen molar-refractivity contribution in [3.63, 3.8) is 0 Å². The van der Waals surface area contributed by atoms with Gasteiger partial charge in [0, 0.05) is 18.8 Å². The molecule has 2 aromatic carbocycles. The predicted molar refractivity (Wildman–Crippen MR) is 101 cm³/mol. The summed E-state index contributed by atoms with van der Waals surface area (Å²) in [5, 5.41) is 2.69. The number of carbonyl (C=O) groups excluding carboxylic acids is 2. The molecule has 0 spiro atoms. The number of benzene rings is 2. The Hall–Kier alpha value is -2.82. The molecule has 1 aliphatic heterocycles. The molecule has 1 amide bonds. The second-order valence-electron chi connectivity index (χ2n) is 6.54. The van der Waals surface area contributed by atoms with E-state index in [2.05, 4.69) is 10.2 Å². The molecule has 2 aromatic rings. The maximum atomic E-state index is 12.6. The molecule has 1 fully saturated rings. The van der Waals surface area contributed by atoms with Crippen molar-refractivity contribution in [2.24, 2.45) is 0 Å². The average molecular weight is 352 g/mol. The van der Waals surface area contributed by atoms with E-state index < -0.39 is 5.97 Å². The summed E-state index contributed by atoms with van der Waals surface area (Å²) >= 11 is 0. The van der Waals surface area contributed by atoms with Crippen molar-refractivity contribution in [3.8, 4) is 0 Å². The van der Waals surface area contributed by atoms with E-state index in [0.717, 1.165) is 42.7 Å². The first-order chi connectivity index (χ1) is 12.6. The molecule has 0 radical (unpaired) electrons. The van der Waals surface area contributed by atoms with Crippen molar-refractivity contribution in [1.82, 2.24) is 5.32 Å². The van der Waals surface area contributed by atoms with Gasteiger partial charge in [0.05, 0.1) is 5.56 Å². The van der Waals surface area contributed by atoms with Crippen LogP contribution in [0.5, 0.6) is 0 Å². The normalized spacial score (nSPS) is 13.5. The molecule has 5 heteroatoms. The Balaban J connectivity index is 1.57. The lowest BCUT2D eigenvalue weighted by atomic mass is 10.1. The minimum atomic E-state index is -0.447. The zero-order valence-corrected chi connectivity index (χ0v) is 15.0. The highest BCUT2D eigenvalue weighted by Crippen LogP contribution is 2.25. The van der Waals surface area contributed by atoms with E-state index in [1.807, 2.05) is 55.5 Å². The molecule has 0 bridgehead atoms. The number of nitrogens with zero attached hydrogens (tertiary/aromatic N) is 1. The zero-order valence-electron chi connectivity index (χ0n) is 15.0. The minimum Gasteiger partial charge on any atom is -0.460 e. The monoisotopic (exact) mass is 352 g/mol. The molecule has 1 N–H and O–H groups in total. The van der Waals surface area contributed by atoms with Gasteiger partial charge in [0.2, 0.25) is 0 Å². The highest BCUT2D eigenvalue weighted by atomic mass is 16.5. The molecule has 0 aliphatic carbocycles. The van der Waals surface area contributed by atoms with E-state index in [0.29, 0.717) is 5.56 Å². The van der Waals surface area contributed by atoms with Crippen molar-refractivity contribution in [2.75, 3.05) is 24.5 Å². The summed E-state index contributed by atoms with van der Waals surface area (Å²) in [6.45, 7) is 3.95. The van der Waals surface area contributed by atoms with Crippen LogP contribution in [0.2, 0.25) is 0 Å². The summed E-state index contributed by atoms with van der Waals surface area (Å²) in [5.74, 6) is -0.690. The minimum absolute atomic E-state index is 0.140. The number of carbonyl (C=O) groups is 2. The fourth-order valence-corrected chi connectivity index (χ4v) is 3.10. The van der Waals surface area contributed by atoms with Gasteiger partial charge in [0.25, 0.3) is 5.91 Å². The van der Waals surface area contributed by atoms with E-state index in [-0.39, 0.29) is 19.1 Å². The fraction of sp³-hybridized carbons (Fsp3) is 0.333. The molecule has 1 aliphatic rings. The highest BCUT2D eigenvalue weighted by Gasteiger charge is 2.20. The SMILES string of the molecule is Cc1ccc(N2CCCC2)c(C(=O)NCC(=O)OCc2ccccc2)c1. The summed E-state index contributed by atoms with van der Waals surface area (Å²) in [6, 6.07) is 15.3. The summed E-state index contributed by atoms with van der Waals surface area (Å²) in [7, 11) is 0. The van der Waals surface area contributed by atoms with E-state index >= 15 is 0 Å². The van der Waals surface area contributed by atoms with E-state index in [9.17, 15) is 9.59 Å². The number of aryl methyl sites for hydroxylation is 1. The topological polar surface area (TPSA) is 58.6 Å². The third-order valence-corrected chi connectivity index (χ3v) is 4.48. The number of hydrogen-bond acceptors (Lipinski definition) is 4. The van der Waals surface area contributed by atoms with Crippen molar-refractivity contribution in [3.05, 3.63) is 65.2 Å². The maximum Gasteiger partial charge on any atom is 0.325 e. The van der Waals surface area contributed by atoms with Crippen LogP contribution >= 0.6 is 0 Å². The van der Waals surface area contributed by atoms with Gasteiger partial charge in [-0.05, 0) is 37.5 Å². The molecular weight excluding hydrogens is 328 g/mol. The Morgan fingerprint density at radius 2 is 1.81 bits per heavy atom. The Labute approximate surface area is 154 Å².